The van der Waals surface area contributed by atoms with Crippen molar-refractivity contribution in [2.24, 2.45) is 0 Å². The highest BCUT2D eigenvalue weighted by molar-refractivity contribution is 5.56. The van der Waals surface area contributed by atoms with Crippen LogP contribution in [0.1, 0.15) is 32.4 Å². The Morgan fingerprint density at radius 3 is 2.90 bits per heavy atom. The van der Waals surface area contributed by atoms with E-state index in [1.165, 1.54) is 6.07 Å². The number of aliphatic hydroxyl groups is 1. The number of nitrogens with one attached hydrogen (secondary N) is 1. The van der Waals surface area contributed by atoms with E-state index in [4.69, 9.17) is 4.74 Å². The summed E-state index contributed by atoms with van der Waals surface area (Å²) in [6, 6.07) is 5.12. The first-order valence-electron chi connectivity index (χ1n) is 7.59. The van der Waals surface area contributed by atoms with Crippen LogP contribution in [0.15, 0.2) is 18.2 Å². The molecule has 1 aliphatic heterocycles. The Balaban J connectivity index is 2.32. The highest BCUT2D eigenvalue weighted by Gasteiger charge is 2.28. The van der Waals surface area contributed by atoms with Crippen LogP contribution in [0.5, 0.6) is 0 Å². The molecule has 2 rings (SSSR count). The number of hydrogen-bond acceptors (Lipinski definition) is 4. The van der Waals surface area contributed by atoms with E-state index in [-0.39, 0.29) is 30.7 Å². The lowest BCUT2D eigenvalue weighted by Crippen LogP contribution is -2.48. The lowest BCUT2D eigenvalue weighted by Gasteiger charge is -2.39. The molecule has 1 aromatic rings. The fourth-order valence-corrected chi connectivity index (χ4v) is 2.98. The predicted octanol–water partition coefficient (Wildman–Crippen LogP) is 2.08. The molecule has 0 amide bonds. The molecule has 1 fully saturated rings. The number of anilines is 1. The van der Waals surface area contributed by atoms with Crippen LogP contribution in [0.4, 0.5) is 10.1 Å². The molecule has 2 N–H and O–H groups in total. The second-order valence-corrected chi connectivity index (χ2v) is 5.61. The third-order valence-corrected chi connectivity index (χ3v) is 3.84. The second kappa shape index (κ2) is 7.20. The van der Waals surface area contributed by atoms with Crippen molar-refractivity contribution in [2.75, 3.05) is 31.1 Å². The topological polar surface area (TPSA) is 44.7 Å². The molecule has 1 aliphatic rings. The number of nitrogens with zero attached hydrogens (tertiary/aromatic N) is 1. The molecule has 118 valence electrons. The Kier molecular flexibility index (Phi) is 5.56. The maximum absolute atomic E-state index is 14.3. The number of morpholine rings is 1. The minimum absolute atomic E-state index is 0.0152. The van der Waals surface area contributed by atoms with Gasteiger partial charge in [-0.15, -0.1) is 0 Å². The molecular weight excluding hydrogens is 271 g/mol. The fraction of sp³-hybridized carbons (Fsp3) is 0.625. The summed E-state index contributed by atoms with van der Waals surface area (Å²) in [6.45, 7) is 8.00. The SMILES string of the molecule is CCNC(C)c1c(F)cccc1N1CC(C)OC(CO)C1. The minimum atomic E-state index is -0.223. The Morgan fingerprint density at radius 1 is 1.48 bits per heavy atom. The maximum Gasteiger partial charge on any atom is 0.130 e. The number of halogens is 1. The third-order valence-electron chi connectivity index (χ3n) is 3.84. The zero-order valence-corrected chi connectivity index (χ0v) is 13.0. The zero-order chi connectivity index (χ0) is 15.4. The predicted molar refractivity (Wildman–Crippen MR) is 82.1 cm³/mol. The minimum Gasteiger partial charge on any atom is -0.394 e. The van der Waals surface area contributed by atoms with E-state index in [1.807, 2.05) is 26.8 Å². The van der Waals surface area contributed by atoms with Crippen LogP contribution in [0, 0.1) is 5.82 Å². The summed E-state index contributed by atoms with van der Waals surface area (Å²) in [5.74, 6) is -0.194. The van der Waals surface area contributed by atoms with Gasteiger partial charge in [0, 0.05) is 30.4 Å². The number of rotatable bonds is 5. The molecule has 0 aromatic heterocycles. The normalized spacial score (nSPS) is 24.1. The number of benzene rings is 1. The van der Waals surface area contributed by atoms with Crippen molar-refractivity contribution in [1.82, 2.24) is 5.32 Å². The van der Waals surface area contributed by atoms with E-state index >= 15 is 0 Å². The molecule has 0 bridgehead atoms. The Bertz CT molecular complexity index is 470. The number of ether oxygens (including phenoxy) is 1. The lowest BCUT2D eigenvalue weighted by atomic mass is 10.0. The average molecular weight is 296 g/mol. The lowest BCUT2D eigenvalue weighted by molar-refractivity contribution is -0.0421. The number of aliphatic hydroxyl groups excluding tert-OH is 1. The summed E-state index contributed by atoms with van der Waals surface area (Å²) >= 11 is 0. The van der Waals surface area contributed by atoms with Crippen LogP contribution in [-0.4, -0.2) is 43.6 Å². The summed E-state index contributed by atoms with van der Waals surface area (Å²) in [6.07, 6.45) is -0.208. The second-order valence-electron chi connectivity index (χ2n) is 5.61. The molecule has 1 heterocycles. The van der Waals surface area contributed by atoms with Gasteiger partial charge in [0.05, 0.1) is 18.8 Å². The molecule has 0 saturated carbocycles. The first-order chi connectivity index (χ1) is 10.1. The first kappa shape index (κ1) is 16.2. The Morgan fingerprint density at radius 2 is 2.24 bits per heavy atom. The van der Waals surface area contributed by atoms with E-state index in [9.17, 15) is 9.50 Å². The maximum atomic E-state index is 14.3. The van der Waals surface area contributed by atoms with E-state index in [2.05, 4.69) is 10.2 Å². The molecule has 0 radical (unpaired) electrons. The van der Waals surface area contributed by atoms with Gasteiger partial charge in [-0.2, -0.15) is 0 Å². The van der Waals surface area contributed by atoms with Gasteiger partial charge in [0.1, 0.15) is 5.82 Å². The van der Waals surface area contributed by atoms with Crippen LogP contribution in [0.2, 0.25) is 0 Å². The molecule has 5 heteroatoms. The van der Waals surface area contributed by atoms with Crippen LogP contribution in [-0.2, 0) is 4.74 Å². The summed E-state index contributed by atoms with van der Waals surface area (Å²) in [7, 11) is 0. The Labute approximate surface area is 125 Å². The van der Waals surface area contributed by atoms with Crippen LogP contribution in [0.3, 0.4) is 0 Å². The summed E-state index contributed by atoms with van der Waals surface area (Å²) in [5.41, 5.74) is 1.57. The van der Waals surface area contributed by atoms with Gasteiger partial charge in [0.25, 0.3) is 0 Å². The van der Waals surface area contributed by atoms with Gasteiger partial charge in [-0.3, -0.25) is 0 Å². The summed E-state index contributed by atoms with van der Waals surface area (Å²) in [4.78, 5) is 2.11. The van der Waals surface area contributed by atoms with Crippen molar-refractivity contribution in [3.63, 3.8) is 0 Å². The molecule has 1 saturated heterocycles. The summed E-state index contributed by atoms with van der Waals surface area (Å²) < 4.78 is 20.0. The van der Waals surface area contributed by atoms with Gasteiger partial charge in [-0.1, -0.05) is 13.0 Å². The molecule has 0 aliphatic carbocycles. The standard InChI is InChI=1S/C16H25FN2O2/c1-4-18-12(3)16-14(17)6-5-7-15(16)19-8-11(2)21-13(9-19)10-20/h5-7,11-13,18,20H,4,8-10H2,1-3H3. The average Bonchev–Trinajstić information content (AvgIpc) is 2.46. The third kappa shape index (κ3) is 3.73. The molecule has 1 aromatic carbocycles. The summed E-state index contributed by atoms with van der Waals surface area (Å²) in [5, 5.41) is 12.6. The van der Waals surface area contributed by atoms with Gasteiger partial charge in [0.15, 0.2) is 0 Å². The van der Waals surface area contributed by atoms with Gasteiger partial charge >= 0.3 is 0 Å². The van der Waals surface area contributed by atoms with E-state index < -0.39 is 0 Å². The first-order valence-corrected chi connectivity index (χ1v) is 7.59. The highest BCUT2D eigenvalue weighted by atomic mass is 19.1. The molecule has 3 unspecified atom stereocenters. The van der Waals surface area contributed by atoms with Crippen molar-refractivity contribution in [1.29, 1.82) is 0 Å². The molecular formula is C16H25FN2O2. The Hall–Kier alpha value is -1.17. The molecule has 3 atom stereocenters. The van der Waals surface area contributed by atoms with Crippen LogP contribution < -0.4 is 10.2 Å². The zero-order valence-electron chi connectivity index (χ0n) is 13.0. The number of hydrogen-bond donors (Lipinski definition) is 2. The largest absolute Gasteiger partial charge is 0.394 e. The van der Waals surface area contributed by atoms with Crippen molar-refractivity contribution < 1.29 is 14.2 Å². The van der Waals surface area contributed by atoms with Gasteiger partial charge in [-0.25, -0.2) is 4.39 Å². The van der Waals surface area contributed by atoms with Crippen LogP contribution >= 0.6 is 0 Å². The van der Waals surface area contributed by atoms with Gasteiger partial charge in [-0.05, 0) is 32.5 Å². The van der Waals surface area contributed by atoms with Crippen molar-refractivity contribution in [3.8, 4) is 0 Å². The smallest absolute Gasteiger partial charge is 0.130 e. The molecule has 0 spiro atoms. The van der Waals surface area contributed by atoms with E-state index in [0.717, 1.165) is 12.2 Å². The molecule has 21 heavy (non-hydrogen) atoms. The molecule has 4 nitrogen and oxygen atoms in total. The monoisotopic (exact) mass is 296 g/mol. The highest BCUT2D eigenvalue weighted by Crippen LogP contribution is 2.31. The van der Waals surface area contributed by atoms with Gasteiger partial charge < -0.3 is 20.1 Å². The van der Waals surface area contributed by atoms with E-state index in [1.54, 1.807) is 6.07 Å². The van der Waals surface area contributed by atoms with Crippen molar-refractivity contribution >= 4 is 5.69 Å². The quantitative estimate of drug-likeness (QED) is 0.873. The van der Waals surface area contributed by atoms with E-state index in [0.29, 0.717) is 18.7 Å². The van der Waals surface area contributed by atoms with Gasteiger partial charge in [0.2, 0.25) is 0 Å². The fourth-order valence-electron chi connectivity index (χ4n) is 2.98. The van der Waals surface area contributed by atoms with Crippen molar-refractivity contribution in [2.45, 2.75) is 39.0 Å². The van der Waals surface area contributed by atoms with Crippen molar-refractivity contribution in [3.05, 3.63) is 29.6 Å². The van der Waals surface area contributed by atoms with Crippen LogP contribution in [0.25, 0.3) is 0 Å².